The number of aliphatic hydroxyl groups excluding tert-OH is 1. The lowest BCUT2D eigenvalue weighted by Gasteiger charge is -2.45. The van der Waals surface area contributed by atoms with Crippen LogP contribution in [0.5, 0.6) is 0 Å². The molecule has 0 aliphatic heterocycles. The first-order chi connectivity index (χ1) is 28.9. The second-order valence-corrected chi connectivity index (χ2v) is 19.1. The first kappa shape index (κ1) is 44.3. The summed E-state index contributed by atoms with van der Waals surface area (Å²) in [5.74, 6) is 0. The Morgan fingerprint density at radius 1 is 0.525 bits per heavy atom. The number of nitriles is 1. The molecule has 3 atom stereocenters. The smallest absolute Gasteiger partial charge is 0.259 e. The monoisotopic (exact) mass is 838 g/mol. The van der Waals surface area contributed by atoms with Gasteiger partial charge in [0.05, 0.1) is 53.6 Å². The molecule has 6 aromatic rings. The molecule has 0 aliphatic carbocycles. The summed E-state index contributed by atoms with van der Waals surface area (Å²) in [6, 6.07) is 66.6. The van der Waals surface area contributed by atoms with E-state index in [0.717, 1.165) is 33.4 Å². The highest BCUT2D eigenvalue weighted by molar-refractivity contribution is 8.77. The maximum absolute atomic E-state index is 11.8. The average Bonchev–Trinajstić information content (AvgIpc) is 3.28. The predicted octanol–water partition coefficient (Wildman–Crippen LogP) is 12.5. The van der Waals surface area contributed by atoms with Crippen LogP contribution in [0, 0.1) is 11.3 Å². The maximum atomic E-state index is 11.8. The van der Waals surface area contributed by atoms with Crippen LogP contribution in [0.2, 0.25) is 0 Å². The largest absolute Gasteiger partial charge is 0.395 e. The first-order valence-electron chi connectivity index (χ1n) is 20.4. The second-order valence-electron chi connectivity index (χ2n) is 15.0. The van der Waals surface area contributed by atoms with Crippen molar-refractivity contribution in [1.82, 2.24) is 4.67 Å². The van der Waals surface area contributed by atoms with Gasteiger partial charge in [0, 0.05) is 12.1 Å². The zero-order valence-corrected chi connectivity index (χ0v) is 36.9. The summed E-state index contributed by atoms with van der Waals surface area (Å²) in [5, 5.41) is 20.7. The van der Waals surface area contributed by atoms with Gasteiger partial charge in [-0.15, -0.1) is 0 Å². The number of nitrogens with zero attached hydrogens (tertiary/aromatic N) is 2. The summed E-state index contributed by atoms with van der Waals surface area (Å²) < 4.78 is 16.0. The van der Waals surface area contributed by atoms with Gasteiger partial charge in [-0.25, -0.2) is 4.67 Å². The molecule has 0 aliphatic rings. The van der Waals surface area contributed by atoms with E-state index >= 15 is 0 Å². The molecule has 59 heavy (non-hydrogen) atoms. The number of benzene rings is 6. The minimum atomic E-state index is -1.55. The Hall–Kier alpha value is -4.22. The molecular formula is C51H55N2O3PS2. The van der Waals surface area contributed by atoms with Gasteiger partial charge in [-0.3, -0.25) is 0 Å². The van der Waals surface area contributed by atoms with E-state index < -0.39 is 19.4 Å². The lowest BCUT2D eigenvalue weighted by Crippen LogP contribution is -2.44. The highest BCUT2D eigenvalue weighted by atomic mass is 33.1. The summed E-state index contributed by atoms with van der Waals surface area (Å²) >= 11 is 0. The molecule has 8 heteroatoms. The van der Waals surface area contributed by atoms with Gasteiger partial charge in [-0.2, -0.15) is 5.26 Å². The van der Waals surface area contributed by atoms with Gasteiger partial charge in [0.2, 0.25) is 0 Å². The Morgan fingerprint density at radius 2 is 0.831 bits per heavy atom. The Balaban J connectivity index is 1.57. The molecule has 0 fully saturated rings. The first-order valence-corrected chi connectivity index (χ1v) is 23.8. The van der Waals surface area contributed by atoms with E-state index in [4.69, 9.17) is 9.05 Å². The second kappa shape index (κ2) is 21.9. The third kappa shape index (κ3) is 9.88. The summed E-state index contributed by atoms with van der Waals surface area (Å²) in [6.07, 6.45) is 0.279. The zero-order valence-electron chi connectivity index (χ0n) is 34.4. The molecule has 3 unspecified atom stereocenters. The fourth-order valence-corrected chi connectivity index (χ4v) is 13.7. The lowest BCUT2D eigenvalue weighted by atomic mass is 9.67. The molecular weight excluding hydrogens is 784 g/mol. The van der Waals surface area contributed by atoms with Gasteiger partial charge in [0.15, 0.2) is 0 Å². The van der Waals surface area contributed by atoms with Gasteiger partial charge in [-0.05, 0) is 61.1 Å². The van der Waals surface area contributed by atoms with E-state index in [2.05, 4.69) is 220 Å². The van der Waals surface area contributed by atoms with Crippen molar-refractivity contribution in [2.24, 2.45) is 0 Å². The summed E-state index contributed by atoms with van der Waals surface area (Å²) in [5.41, 5.74) is 5.32. The standard InChI is InChI=1S/C51H55N2O3PS2/c1-40(2)53(41(3)4)57(55-37-23-36-52)56-39-49(51(45-30-17-8-18-31-45,46-32-19-9-20-33-46)47-34-21-10-22-35-47)59-58-48(38-54)50(42-24-11-5-12-25-42,43-26-13-6-14-27-43)44-28-15-7-16-29-44/h5-22,24-35,40-41,48-49,54H,23,37-39H2,1-4H3. The maximum Gasteiger partial charge on any atom is 0.259 e. The number of hydrogen-bond acceptors (Lipinski definition) is 7. The van der Waals surface area contributed by atoms with Crippen LogP contribution < -0.4 is 0 Å². The summed E-state index contributed by atoms with van der Waals surface area (Å²) in [7, 11) is 1.94. The van der Waals surface area contributed by atoms with Crippen molar-refractivity contribution in [3.8, 4) is 6.07 Å². The summed E-state index contributed by atoms with van der Waals surface area (Å²) in [6.45, 7) is 9.18. The molecule has 0 amide bonds. The fraction of sp³-hybridized carbons (Fsp3) is 0.275. The normalized spacial score (nSPS) is 13.6. The molecule has 0 aromatic heterocycles. The molecule has 0 spiro atoms. The van der Waals surface area contributed by atoms with E-state index in [9.17, 15) is 10.4 Å². The van der Waals surface area contributed by atoms with Gasteiger partial charge < -0.3 is 14.2 Å². The number of rotatable bonds is 21. The molecule has 0 saturated heterocycles. The van der Waals surface area contributed by atoms with Gasteiger partial charge in [0.25, 0.3) is 8.53 Å². The molecule has 0 saturated carbocycles. The number of hydrogen-bond donors (Lipinski definition) is 1. The highest BCUT2D eigenvalue weighted by Crippen LogP contribution is 2.56. The molecule has 0 radical (unpaired) electrons. The van der Waals surface area contributed by atoms with E-state index in [1.807, 2.05) is 0 Å². The van der Waals surface area contributed by atoms with Crippen LogP contribution in [0.4, 0.5) is 0 Å². The van der Waals surface area contributed by atoms with Crippen LogP contribution in [-0.4, -0.2) is 52.2 Å². The third-order valence-corrected chi connectivity index (χ3v) is 16.2. The quantitative estimate of drug-likeness (QED) is 0.0335. The zero-order chi connectivity index (χ0) is 41.5. The average molecular weight is 839 g/mol. The molecule has 6 aromatic carbocycles. The Labute approximate surface area is 361 Å². The minimum Gasteiger partial charge on any atom is -0.395 e. The van der Waals surface area contributed by atoms with Crippen LogP contribution in [-0.2, 0) is 19.9 Å². The van der Waals surface area contributed by atoms with E-state index in [1.54, 1.807) is 21.6 Å². The SMILES string of the molecule is CC(C)N(C(C)C)P(OCCC#N)OCC(SSC(CO)C(c1ccccc1)(c1ccccc1)c1ccccc1)C(c1ccccc1)(c1ccccc1)c1ccccc1. The molecule has 6 rings (SSSR count). The topological polar surface area (TPSA) is 65.7 Å². The van der Waals surface area contributed by atoms with Crippen LogP contribution in [0.25, 0.3) is 0 Å². The van der Waals surface area contributed by atoms with Gasteiger partial charge in [0.1, 0.15) is 0 Å². The Kier molecular flexibility index (Phi) is 16.4. The van der Waals surface area contributed by atoms with Crippen molar-refractivity contribution in [2.75, 3.05) is 19.8 Å². The molecule has 0 bridgehead atoms. The highest BCUT2D eigenvalue weighted by Gasteiger charge is 2.49. The van der Waals surface area contributed by atoms with Crippen molar-refractivity contribution in [1.29, 1.82) is 5.26 Å². The molecule has 5 nitrogen and oxygen atoms in total. The van der Waals surface area contributed by atoms with Gasteiger partial charge in [-0.1, -0.05) is 204 Å². The Bertz CT molecular complexity index is 1940. The van der Waals surface area contributed by atoms with Crippen LogP contribution in [0.3, 0.4) is 0 Å². The van der Waals surface area contributed by atoms with Crippen molar-refractivity contribution < 1.29 is 14.2 Å². The molecule has 0 heterocycles. The molecule has 1 N–H and O–H groups in total. The van der Waals surface area contributed by atoms with Crippen LogP contribution in [0.1, 0.15) is 67.5 Å². The minimum absolute atomic E-state index is 0.0859. The van der Waals surface area contributed by atoms with E-state index in [1.165, 1.54) is 0 Å². The van der Waals surface area contributed by atoms with E-state index in [0.29, 0.717) is 6.61 Å². The van der Waals surface area contributed by atoms with Crippen LogP contribution in [0.15, 0.2) is 182 Å². The number of aliphatic hydroxyl groups is 1. The predicted molar refractivity (Wildman–Crippen MR) is 249 cm³/mol. The molecule has 304 valence electrons. The van der Waals surface area contributed by atoms with Crippen molar-refractivity contribution in [3.63, 3.8) is 0 Å². The van der Waals surface area contributed by atoms with Crippen molar-refractivity contribution in [3.05, 3.63) is 215 Å². The Morgan fingerprint density at radius 3 is 1.12 bits per heavy atom. The lowest BCUT2D eigenvalue weighted by molar-refractivity contribution is 0.172. The van der Waals surface area contributed by atoms with E-state index in [-0.39, 0.29) is 42.2 Å². The van der Waals surface area contributed by atoms with Crippen molar-refractivity contribution >= 4 is 30.1 Å². The third-order valence-electron chi connectivity index (χ3n) is 10.8. The fourth-order valence-electron chi connectivity index (χ4n) is 8.37. The van der Waals surface area contributed by atoms with Gasteiger partial charge >= 0.3 is 0 Å². The van der Waals surface area contributed by atoms with Crippen LogP contribution >= 0.6 is 30.1 Å². The van der Waals surface area contributed by atoms with Crippen molar-refractivity contribution in [2.45, 2.75) is 67.5 Å². The summed E-state index contributed by atoms with van der Waals surface area (Å²) in [4.78, 5) is 0.